The van der Waals surface area contributed by atoms with Crippen molar-refractivity contribution >= 4 is 34.1 Å². The van der Waals surface area contributed by atoms with Crippen molar-refractivity contribution in [1.29, 1.82) is 0 Å². The minimum absolute atomic E-state index is 0.0506. The van der Waals surface area contributed by atoms with Gasteiger partial charge in [0, 0.05) is 23.7 Å². The zero-order valence-electron chi connectivity index (χ0n) is 14.8. The lowest BCUT2D eigenvalue weighted by Crippen LogP contribution is -2.45. The third-order valence-corrected chi connectivity index (χ3v) is 6.84. The summed E-state index contributed by atoms with van der Waals surface area (Å²) in [5.41, 5.74) is -0.182. The van der Waals surface area contributed by atoms with Gasteiger partial charge in [0.15, 0.2) is 10.3 Å². The Bertz CT molecular complexity index is 805. The van der Waals surface area contributed by atoms with Crippen LogP contribution in [0.3, 0.4) is 0 Å². The molecule has 1 N–H and O–H groups in total. The van der Waals surface area contributed by atoms with Crippen molar-refractivity contribution < 1.29 is 4.79 Å². The molecule has 0 bridgehead atoms. The molecule has 7 nitrogen and oxygen atoms in total. The lowest BCUT2D eigenvalue weighted by Gasteiger charge is -2.33. The molecule has 0 spiro atoms. The van der Waals surface area contributed by atoms with Crippen molar-refractivity contribution in [3.05, 3.63) is 22.1 Å². The van der Waals surface area contributed by atoms with Gasteiger partial charge in [0.25, 0.3) is 0 Å². The van der Waals surface area contributed by atoms with Gasteiger partial charge in [-0.1, -0.05) is 31.0 Å². The average Bonchev–Trinajstić information content (AvgIpc) is 3.21. The third kappa shape index (κ3) is 3.59. The molecule has 2 heterocycles. The van der Waals surface area contributed by atoms with Crippen LogP contribution in [-0.4, -0.2) is 36.9 Å². The molecule has 1 unspecified atom stereocenters. The molecular weight excluding hydrogens is 370 g/mol. The van der Waals surface area contributed by atoms with Gasteiger partial charge in [-0.15, -0.1) is 16.4 Å². The minimum Gasteiger partial charge on any atom is -0.284 e. The van der Waals surface area contributed by atoms with Crippen molar-refractivity contribution in [2.45, 2.75) is 74.4 Å². The average molecular weight is 394 g/mol. The summed E-state index contributed by atoms with van der Waals surface area (Å²) in [7, 11) is 0. The fraction of sp³-hybridized carbons (Fsp3) is 0.647. The van der Waals surface area contributed by atoms with Crippen molar-refractivity contribution in [2.24, 2.45) is 0 Å². The molecule has 0 aliphatic heterocycles. The van der Waals surface area contributed by atoms with Gasteiger partial charge >= 0.3 is 5.69 Å². The SMILES string of the molecule is CC(Sc1n[nH]c(=O)n1C1CC1)C(=O)N(c1nccs1)C1CCCCC1. The molecule has 2 aliphatic carbocycles. The maximum absolute atomic E-state index is 13.3. The van der Waals surface area contributed by atoms with Crippen molar-refractivity contribution in [3.63, 3.8) is 0 Å². The minimum atomic E-state index is -0.325. The molecule has 0 saturated heterocycles. The van der Waals surface area contributed by atoms with Crippen LogP contribution in [0.4, 0.5) is 5.13 Å². The van der Waals surface area contributed by atoms with Gasteiger partial charge in [-0.25, -0.2) is 14.9 Å². The second-order valence-corrected chi connectivity index (χ2v) is 9.17. The van der Waals surface area contributed by atoms with E-state index in [4.69, 9.17) is 0 Å². The number of hydrogen-bond donors (Lipinski definition) is 1. The number of hydrogen-bond acceptors (Lipinski definition) is 6. The molecule has 1 atom stereocenters. The first-order valence-corrected chi connectivity index (χ1v) is 11.0. The molecule has 26 heavy (non-hydrogen) atoms. The number of nitrogens with one attached hydrogen (secondary N) is 1. The van der Waals surface area contributed by atoms with Crippen LogP contribution in [0.15, 0.2) is 21.5 Å². The van der Waals surface area contributed by atoms with Gasteiger partial charge < -0.3 is 0 Å². The largest absolute Gasteiger partial charge is 0.344 e. The Morgan fingerprint density at radius 2 is 2.12 bits per heavy atom. The predicted molar refractivity (Wildman–Crippen MR) is 103 cm³/mol. The second-order valence-electron chi connectivity index (χ2n) is 6.99. The first-order chi connectivity index (χ1) is 12.6. The van der Waals surface area contributed by atoms with Crippen LogP contribution in [0.2, 0.25) is 0 Å². The molecule has 4 rings (SSSR count). The van der Waals surface area contributed by atoms with Crippen LogP contribution in [0.1, 0.15) is 57.9 Å². The number of thioether (sulfide) groups is 1. The van der Waals surface area contributed by atoms with E-state index in [1.807, 2.05) is 17.2 Å². The molecule has 140 valence electrons. The number of thiazole rings is 1. The number of carbonyl (C=O) groups is 1. The maximum Gasteiger partial charge on any atom is 0.344 e. The lowest BCUT2D eigenvalue weighted by atomic mass is 9.94. The highest BCUT2D eigenvalue weighted by atomic mass is 32.2. The Hall–Kier alpha value is -1.61. The number of aromatic nitrogens is 4. The third-order valence-electron chi connectivity index (χ3n) is 5.02. The summed E-state index contributed by atoms with van der Waals surface area (Å²) < 4.78 is 1.70. The van der Waals surface area contributed by atoms with E-state index in [1.165, 1.54) is 29.5 Å². The Labute approximate surface area is 160 Å². The standard InChI is InChI=1S/C17H23N5O2S2/c1-11(26-17-20-19-15(24)22(17)13-7-8-13)14(23)21(16-18-9-10-25-16)12-5-3-2-4-6-12/h9-13H,2-8H2,1H3,(H,19,24). The van der Waals surface area contributed by atoms with Gasteiger partial charge in [-0.2, -0.15) is 0 Å². The zero-order valence-corrected chi connectivity index (χ0v) is 16.4. The summed E-state index contributed by atoms with van der Waals surface area (Å²) in [6.45, 7) is 1.90. The summed E-state index contributed by atoms with van der Waals surface area (Å²) >= 11 is 2.87. The Balaban J connectivity index is 1.54. The monoisotopic (exact) mass is 393 g/mol. The number of carbonyl (C=O) groups excluding carboxylic acids is 1. The number of nitrogens with zero attached hydrogens (tertiary/aromatic N) is 4. The van der Waals surface area contributed by atoms with Crippen LogP contribution < -0.4 is 10.6 Å². The molecule has 0 radical (unpaired) electrons. The fourth-order valence-corrected chi connectivity index (χ4v) is 5.23. The van der Waals surface area contributed by atoms with Gasteiger partial charge in [0.2, 0.25) is 5.91 Å². The summed E-state index contributed by atoms with van der Waals surface area (Å²) in [4.78, 5) is 31.6. The first-order valence-electron chi connectivity index (χ1n) is 9.21. The molecule has 2 fully saturated rings. The van der Waals surface area contributed by atoms with Crippen LogP contribution in [-0.2, 0) is 4.79 Å². The van der Waals surface area contributed by atoms with Crippen LogP contribution in [0.25, 0.3) is 0 Å². The van der Waals surface area contributed by atoms with Crippen LogP contribution >= 0.6 is 23.1 Å². The number of amides is 1. The van der Waals surface area contributed by atoms with E-state index in [-0.39, 0.29) is 28.9 Å². The first kappa shape index (κ1) is 17.8. The highest BCUT2D eigenvalue weighted by Crippen LogP contribution is 2.37. The Kier molecular flexibility index (Phi) is 5.17. The quantitative estimate of drug-likeness (QED) is 0.762. The molecule has 2 aromatic heterocycles. The van der Waals surface area contributed by atoms with E-state index >= 15 is 0 Å². The number of aromatic amines is 1. The van der Waals surface area contributed by atoms with Gasteiger partial charge in [0.1, 0.15) is 0 Å². The number of rotatable bonds is 6. The van der Waals surface area contributed by atoms with E-state index in [1.54, 1.807) is 10.8 Å². The van der Waals surface area contributed by atoms with Crippen LogP contribution in [0.5, 0.6) is 0 Å². The molecule has 1 amide bonds. The highest BCUT2D eigenvalue weighted by Gasteiger charge is 2.34. The van der Waals surface area contributed by atoms with Crippen LogP contribution in [0, 0.1) is 0 Å². The van der Waals surface area contributed by atoms with Gasteiger partial charge in [0.05, 0.1) is 5.25 Å². The van der Waals surface area contributed by atoms with Gasteiger partial charge in [-0.05, 0) is 32.6 Å². The van der Waals surface area contributed by atoms with E-state index < -0.39 is 0 Å². The summed E-state index contributed by atoms with van der Waals surface area (Å²) in [6, 6.07) is 0.453. The Morgan fingerprint density at radius 3 is 2.77 bits per heavy atom. The molecular formula is C17H23N5O2S2. The zero-order chi connectivity index (χ0) is 18.1. The summed E-state index contributed by atoms with van der Waals surface area (Å²) in [5.74, 6) is 0.0506. The normalized spacial score (nSPS) is 19.4. The van der Waals surface area contributed by atoms with Crippen molar-refractivity contribution in [3.8, 4) is 0 Å². The molecule has 2 aliphatic rings. The maximum atomic E-state index is 13.3. The van der Waals surface area contributed by atoms with E-state index in [2.05, 4.69) is 15.2 Å². The topological polar surface area (TPSA) is 83.9 Å². The Morgan fingerprint density at radius 1 is 1.35 bits per heavy atom. The summed E-state index contributed by atoms with van der Waals surface area (Å²) in [5, 5.41) is 9.64. The van der Waals surface area contributed by atoms with E-state index in [9.17, 15) is 9.59 Å². The molecule has 0 aromatic carbocycles. The second kappa shape index (κ2) is 7.56. The summed E-state index contributed by atoms with van der Waals surface area (Å²) in [6.07, 6.45) is 9.35. The number of H-pyrrole nitrogens is 1. The van der Waals surface area contributed by atoms with Crippen molar-refractivity contribution in [1.82, 2.24) is 19.7 Å². The fourth-order valence-electron chi connectivity index (χ4n) is 3.54. The lowest BCUT2D eigenvalue weighted by molar-refractivity contribution is -0.118. The van der Waals surface area contributed by atoms with E-state index in [0.29, 0.717) is 5.16 Å². The predicted octanol–water partition coefficient (Wildman–Crippen LogP) is 3.21. The molecule has 2 aromatic rings. The highest BCUT2D eigenvalue weighted by molar-refractivity contribution is 8.00. The molecule has 9 heteroatoms. The van der Waals surface area contributed by atoms with E-state index in [0.717, 1.165) is 43.7 Å². The van der Waals surface area contributed by atoms with Crippen molar-refractivity contribution in [2.75, 3.05) is 4.90 Å². The van der Waals surface area contributed by atoms with Gasteiger partial charge in [-0.3, -0.25) is 14.3 Å². The number of anilines is 1. The molecule has 2 saturated carbocycles. The smallest absolute Gasteiger partial charge is 0.284 e.